The zero-order chi connectivity index (χ0) is 11.1. The molecule has 0 radical (unpaired) electrons. The van der Waals surface area contributed by atoms with Gasteiger partial charge in [-0.2, -0.15) is 0 Å². The highest BCUT2D eigenvalue weighted by Gasteiger charge is 2.08. The van der Waals surface area contributed by atoms with E-state index in [-0.39, 0.29) is 5.60 Å². The van der Waals surface area contributed by atoms with Crippen LogP contribution in [0, 0.1) is 0 Å². The Labute approximate surface area is 91.3 Å². The third-order valence-corrected chi connectivity index (χ3v) is 1.56. The van der Waals surface area contributed by atoms with Crippen molar-refractivity contribution in [3.8, 4) is 0 Å². The topological polar surface area (TPSA) is 21.6 Å². The Kier molecular flexibility index (Phi) is 4.10. The van der Waals surface area contributed by atoms with Crippen LogP contribution in [0.3, 0.4) is 0 Å². The normalized spacial score (nSPS) is 12.5. The van der Waals surface area contributed by atoms with E-state index >= 15 is 0 Å². The second kappa shape index (κ2) is 5.35. The molecule has 0 saturated carbocycles. The fraction of sp³-hybridized carbons (Fsp3) is 0.308. The summed E-state index contributed by atoms with van der Waals surface area (Å²) in [6.45, 7) is 5.89. The van der Waals surface area contributed by atoms with Gasteiger partial charge in [0.15, 0.2) is 0 Å². The number of hydrogen-bond acceptors (Lipinski definition) is 2. The summed E-state index contributed by atoms with van der Waals surface area (Å²) in [6.07, 6.45) is 5.49. The molecule has 0 aromatic heterocycles. The van der Waals surface area contributed by atoms with E-state index in [4.69, 9.17) is 4.84 Å². The van der Waals surface area contributed by atoms with E-state index in [1.807, 2.05) is 63.3 Å². The maximum absolute atomic E-state index is 5.19. The standard InChI is InChI=1S/C13H17NO/c1-13(2,3)15-14-11-7-10-12-8-5-4-6-9-12/h4-11H,1-3H3/b10-7+,14-11+. The molecule has 0 bridgehead atoms. The van der Waals surface area contributed by atoms with Crippen molar-refractivity contribution in [3.05, 3.63) is 42.0 Å². The predicted octanol–water partition coefficient (Wildman–Crippen LogP) is 3.50. The zero-order valence-corrected chi connectivity index (χ0v) is 9.47. The number of hydrogen-bond donors (Lipinski definition) is 0. The third-order valence-electron chi connectivity index (χ3n) is 1.56. The second-order valence-electron chi connectivity index (χ2n) is 4.23. The van der Waals surface area contributed by atoms with Crippen LogP contribution in [0.5, 0.6) is 0 Å². The molecule has 0 spiro atoms. The molecule has 2 heteroatoms. The van der Waals surface area contributed by atoms with E-state index in [0.717, 1.165) is 5.56 Å². The first-order valence-corrected chi connectivity index (χ1v) is 5.01. The maximum atomic E-state index is 5.19. The molecule has 1 aromatic rings. The van der Waals surface area contributed by atoms with Crippen molar-refractivity contribution >= 4 is 12.3 Å². The first kappa shape index (κ1) is 11.5. The van der Waals surface area contributed by atoms with Crippen molar-refractivity contribution in [2.45, 2.75) is 26.4 Å². The van der Waals surface area contributed by atoms with Gasteiger partial charge in [0.05, 0.1) is 6.21 Å². The molecule has 0 aliphatic rings. The summed E-state index contributed by atoms with van der Waals surface area (Å²) >= 11 is 0. The largest absolute Gasteiger partial charge is 0.390 e. The number of allylic oxidation sites excluding steroid dienone is 1. The fourth-order valence-electron chi connectivity index (χ4n) is 0.942. The van der Waals surface area contributed by atoms with E-state index in [0.29, 0.717) is 0 Å². The van der Waals surface area contributed by atoms with Crippen LogP contribution in [0.25, 0.3) is 6.08 Å². The first-order chi connectivity index (χ1) is 7.08. The van der Waals surface area contributed by atoms with E-state index in [2.05, 4.69) is 5.16 Å². The van der Waals surface area contributed by atoms with Crippen molar-refractivity contribution in [1.29, 1.82) is 0 Å². The average molecular weight is 203 g/mol. The lowest BCUT2D eigenvalue weighted by atomic mass is 10.2. The Hall–Kier alpha value is -1.57. The zero-order valence-electron chi connectivity index (χ0n) is 9.47. The summed E-state index contributed by atoms with van der Waals surface area (Å²) in [5.74, 6) is 0. The van der Waals surface area contributed by atoms with Gasteiger partial charge < -0.3 is 4.84 Å². The van der Waals surface area contributed by atoms with Gasteiger partial charge in [-0.05, 0) is 32.4 Å². The SMILES string of the molecule is CC(C)(C)O/N=C/C=C/c1ccccc1. The van der Waals surface area contributed by atoms with Gasteiger partial charge in [-0.25, -0.2) is 0 Å². The molecule has 0 heterocycles. The van der Waals surface area contributed by atoms with Gasteiger partial charge in [-0.3, -0.25) is 0 Å². The summed E-state index contributed by atoms with van der Waals surface area (Å²) in [6, 6.07) is 10.1. The fourth-order valence-corrected chi connectivity index (χ4v) is 0.942. The number of nitrogens with zero attached hydrogens (tertiary/aromatic N) is 1. The highest BCUT2D eigenvalue weighted by molar-refractivity contribution is 5.77. The van der Waals surface area contributed by atoms with Gasteiger partial charge >= 0.3 is 0 Å². The molecular weight excluding hydrogens is 186 g/mol. The van der Waals surface area contributed by atoms with Gasteiger partial charge in [-0.1, -0.05) is 41.6 Å². The molecule has 0 N–H and O–H groups in total. The molecule has 0 atom stereocenters. The summed E-state index contributed by atoms with van der Waals surface area (Å²) in [5.41, 5.74) is 0.927. The van der Waals surface area contributed by atoms with Crippen LogP contribution in [0.4, 0.5) is 0 Å². The lowest BCUT2D eigenvalue weighted by Crippen LogP contribution is -2.15. The predicted molar refractivity (Wildman–Crippen MR) is 64.8 cm³/mol. The number of rotatable bonds is 3. The van der Waals surface area contributed by atoms with E-state index in [9.17, 15) is 0 Å². The van der Waals surface area contributed by atoms with Gasteiger partial charge in [0, 0.05) is 0 Å². The van der Waals surface area contributed by atoms with Crippen molar-refractivity contribution in [1.82, 2.24) is 0 Å². The van der Waals surface area contributed by atoms with Gasteiger partial charge in [0.25, 0.3) is 0 Å². The molecule has 1 rings (SSSR count). The minimum Gasteiger partial charge on any atom is -0.390 e. The molecule has 0 amide bonds. The average Bonchev–Trinajstić information content (AvgIpc) is 2.17. The van der Waals surface area contributed by atoms with Crippen LogP contribution in [-0.2, 0) is 4.84 Å². The monoisotopic (exact) mass is 203 g/mol. The van der Waals surface area contributed by atoms with E-state index < -0.39 is 0 Å². The first-order valence-electron chi connectivity index (χ1n) is 5.01. The molecule has 0 fully saturated rings. The Balaban J connectivity index is 2.41. The molecule has 80 valence electrons. The molecular formula is C13H17NO. The molecule has 0 aliphatic heterocycles. The van der Waals surface area contributed by atoms with Gasteiger partial charge in [0.1, 0.15) is 5.60 Å². The van der Waals surface area contributed by atoms with Crippen LogP contribution in [0.15, 0.2) is 41.6 Å². The van der Waals surface area contributed by atoms with Gasteiger partial charge in [0.2, 0.25) is 0 Å². The van der Waals surface area contributed by atoms with Crippen LogP contribution in [0.2, 0.25) is 0 Å². The maximum Gasteiger partial charge on any atom is 0.129 e. The molecule has 0 aliphatic carbocycles. The number of oxime groups is 1. The highest BCUT2D eigenvalue weighted by Crippen LogP contribution is 2.06. The summed E-state index contributed by atoms with van der Waals surface area (Å²) in [5, 5.41) is 3.85. The Morgan fingerprint density at radius 1 is 1.13 bits per heavy atom. The van der Waals surface area contributed by atoms with E-state index in [1.165, 1.54) is 0 Å². The highest BCUT2D eigenvalue weighted by atomic mass is 16.6. The molecule has 15 heavy (non-hydrogen) atoms. The lowest BCUT2D eigenvalue weighted by molar-refractivity contribution is 0.00206. The smallest absolute Gasteiger partial charge is 0.129 e. The second-order valence-corrected chi connectivity index (χ2v) is 4.23. The minimum absolute atomic E-state index is 0.225. The van der Waals surface area contributed by atoms with Crippen LogP contribution in [-0.4, -0.2) is 11.8 Å². The molecule has 0 saturated heterocycles. The molecule has 2 nitrogen and oxygen atoms in total. The van der Waals surface area contributed by atoms with Crippen molar-refractivity contribution in [3.63, 3.8) is 0 Å². The van der Waals surface area contributed by atoms with Gasteiger partial charge in [-0.15, -0.1) is 0 Å². The Morgan fingerprint density at radius 3 is 2.40 bits per heavy atom. The molecule has 0 unspecified atom stereocenters. The van der Waals surface area contributed by atoms with Crippen LogP contribution >= 0.6 is 0 Å². The van der Waals surface area contributed by atoms with E-state index in [1.54, 1.807) is 6.21 Å². The quantitative estimate of drug-likeness (QED) is 0.544. The number of benzene rings is 1. The minimum atomic E-state index is -0.225. The summed E-state index contributed by atoms with van der Waals surface area (Å²) in [7, 11) is 0. The van der Waals surface area contributed by atoms with Crippen molar-refractivity contribution in [2.24, 2.45) is 5.16 Å². The Morgan fingerprint density at radius 2 is 1.80 bits per heavy atom. The summed E-state index contributed by atoms with van der Waals surface area (Å²) < 4.78 is 0. The van der Waals surface area contributed by atoms with Crippen molar-refractivity contribution in [2.75, 3.05) is 0 Å². The van der Waals surface area contributed by atoms with Crippen LogP contribution in [0.1, 0.15) is 26.3 Å². The van der Waals surface area contributed by atoms with Crippen LogP contribution < -0.4 is 0 Å². The third kappa shape index (κ3) is 5.68. The summed E-state index contributed by atoms with van der Waals surface area (Å²) in [4.78, 5) is 5.19. The lowest BCUT2D eigenvalue weighted by Gasteiger charge is -2.14. The van der Waals surface area contributed by atoms with Crippen molar-refractivity contribution < 1.29 is 4.84 Å². The Bertz CT molecular complexity index is 333. The molecule has 1 aromatic carbocycles.